The summed E-state index contributed by atoms with van der Waals surface area (Å²) < 4.78 is 0.0575. The van der Waals surface area contributed by atoms with Crippen molar-refractivity contribution in [1.29, 1.82) is 0 Å². The Morgan fingerprint density at radius 1 is 1.44 bits per heavy atom. The van der Waals surface area contributed by atoms with E-state index in [9.17, 15) is 14.9 Å². The maximum absolute atomic E-state index is 11.8. The lowest BCUT2D eigenvalue weighted by molar-refractivity contribution is -0.385. The first-order valence-electron chi connectivity index (χ1n) is 4.96. The van der Waals surface area contributed by atoms with E-state index in [1.54, 1.807) is 0 Å². The number of rotatable bonds is 5. The van der Waals surface area contributed by atoms with Crippen molar-refractivity contribution >= 4 is 27.5 Å². The number of carbonyl (C=O) groups excluding carboxylic acids is 1. The van der Waals surface area contributed by atoms with E-state index in [0.29, 0.717) is 0 Å². The number of carbonyl (C=O) groups is 1. The summed E-state index contributed by atoms with van der Waals surface area (Å²) in [6.07, 6.45) is 0. The second-order valence-electron chi connectivity index (χ2n) is 3.43. The largest absolute Gasteiger partial charge is 0.394 e. The molecule has 0 saturated carbocycles. The minimum Gasteiger partial charge on any atom is -0.394 e. The van der Waals surface area contributed by atoms with Crippen LogP contribution >= 0.6 is 15.9 Å². The molecule has 98 valence electrons. The Kier molecular flexibility index (Phi) is 5.20. The Labute approximate surface area is 111 Å². The zero-order chi connectivity index (χ0) is 13.7. The Morgan fingerprint density at radius 3 is 2.56 bits per heavy atom. The molecule has 8 heteroatoms. The fraction of sp³-hybridized carbons (Fsp3) is 0.300. The predicted octanol–water partition coefficient (Wildman–Crippen LogP) is 0.440. The summed E-state index contributed by atoms with van der Waals surface area (Å²) in [5.74, 6) is -0.612. The van der Waals surface area contributed by atoms with Gasteiger partial charge in [-0.15, -0.1) is 0 Å². The third-order valence-corrected chi connectivity index (χ3v) is 3.03. The minimum atomic E-state index is -0.802. The van der Waals surface area contributed by atoms with E-state index in [1.807, 2.05) is 0 Å². The van der Waals surface area contributed by atoms with Gasteiger partial charge in [-0.25, -0.2) is 0 Å². The lowest BCUT2D eigenvalue weighted by atomic mass is 10.1. The van der Waals surface area contributed by atoms with Crippen LogP contribution in [0.15, 0.2) is 22.7 Å². The molecule has 0 atom stereocenters. The highest BCUT2D eigenvalue weighted by atomic mass is 79.9. The first-order chi connectivity index (χ1) is 8.51. The van der Waals surface area contributed by atoms with Gasteiger partial charge in [-0.1, -0.05) is 6.07 Å². The molecule has 0 fully saturated rings. The predicted molar refractivity (Wildman–Crippen MR) is 66.2 cm³/mol. The van der Waals surface area contributed by atoms with Gasteiger partial charge in [0.2, 0.25) is 0 Å². The highest BCUT2D eigenvalue weighted by Crippen LogP contribution is 2.28. The summed E-state index contributed by atoms with van der Waals surface area (Å²) in [6.45, 7) is -0.844. The standard InChI is InChI=1S/C10H11BrN2O5/c11-9-7(2-1-3-8(9)13(17)18)10(16)12-6(4-14)5-15/h1-3,6,14-15H,4-5H2,(H,12,16). The van der Waals surface area contributed by atoms with Gasteiger partial charge in [-0.2, -0.15) is 0 Å². The first-order valence-corrected chi connectivity index (χ1v) is 5.76. The van der Waals surface area contributed by atoms with Crippen molar-refractivity contribution in [2.24, 2.45) is 0 Å². The van der Waals surface area contributed by atoms with Crippen molar-refractivity contribution in [2.45, 2.75) is 6.04 Å². The highest BCUT2D eigenvalue weighted by molar-refractivity contribution is 9.10. The average Bonchev–Trinajstić information content (AvgIpc) is 2.35. The number of nitro groups is 1. The van der Waals surface area contributed by atoms with Gasteiger partial charge in [0.15, 0.2) is 0 Å². The Balaban J connectivity index is 2.99. The maximum atomic E-state index is 11.8. The second-order valence-corrected chi connectivity index (χ2v) is 4.22. The minimum absolute atomic E-state index is 0.0575. The van der Waals surface area contributed by atoms with Gasteiger partial charge < -0.3 is 15.5 Å². The van der Waals surface area contributed by atoms with Crippen LogP contribution in [-0.2, 0) is 0 Å². The van der Waals surface area contributed by atoms with Gasteiger partial charge in [0.05, 0.1) is 29.7 Å². The molecule has 3 N–H and O–H groups in total. The third-order valence-electron chi connectivity index (χ3n) is 2.20. The van der Waals surface area contributed by atoms with Gasteiger partial charge in [0.1, 0.15) is 4.47 Å². The fourth-order valence-corrected chi connectivity index (χ4v) is 1.84. The van der Waals surface area contributed by atoms with E-state index in [1.165, 1.54) is 18.2 Å². The maximum Gasteiger partial charge on any atom is 0.284 e. The van der Waals surface area contributed by atoms with Crippen LogP contribution in [0, 0.1) is 10.1 Å². The molecule has 0 aliphatic carbocycles. The van der Waals surface area contributed by atoms with E-state index in [2.05, 4.69) is 21.2 Å². The zero-order valence-electron chi connectivity index (χ0n) is 9.17. The molecule has 0 heterocycles. The van der Waals surface area contributed by atoms with Crippen LogP contribution in [0.5, 0.6) is 0 Å². The Morgan fingerprint density at radius 2 is 2.06 bits per heavy atom. The molecule has 0 aromatic heterocycles. The molecule has 0 saturated heterocycles. The highest BCUT2D eigenvalue weighted by Gasteiger charge is 2.20. The third kappa shape index (κ3) is 3.25. The van der Waals surface area contributed by atoms with Crippen molar-refractivity contribution in [3.05, 3.63) is 38.3 Å². The quantitative estimate of drug-likeness (QED) is 0.538. The van der Waals surface area contributed by atoms with Crippen LogP contribution < -0.4 is 5.32 Å². The number of aliphatic hydroxyl groups is 2. The number of hydrogen-bond acceptors (Lipinski definition) is 5. The molecule has 18 heavy (non-hydrogen) atoms. The van der Waals surface area contributed by atoms with Gasteiger partial charge in [0.25, 0.3) is 11.6 Å². The lowest BCUT2D eigenvalue weighted by Crippen LogP contribution is -2.40. The van der Waals surface area contributed by atoms with Crippen molar-refractivity contribution in [2.75, 3.05) is 13.2 Å². The molecule has 0 aliphatic heterocycles. The van der Waals surface area contributed by atoms with Crippen molar-refractivity contribution in [1.82, 2.24) is 5.32 Å². The smallest absolute Gasteiger partial charge is 0.284 e. The van der Waals surface area contributed by atoms with Crippen molar-refractivity contribution < 1.29 is 19.9 Å². The zero-order valence-corrected chi connectivity index (χ0v) is 10.8. The summed E-state index contributed by atoms with van der Waals surface area (Å²) in [4.78, 5) is 21.9. The number of benzene rings is 1. The molecular formula is C10H11BrN2O5. The molecule has 0 aliphatic rings. The summed E-state index contributed by atoms with van der Waals surface area (Å²) >= 11 is 2.99. The van der Waals surface area contributed by atoms with Crippen molar-refractivity contribution in [3.8, 4) is 0 Å². The van der Waals surface area contributed by atoms with Crippen LogP contribution in [0.4, 0.5) is 5.69 Å². The molecule has 7 nitrogen and oxygen atoms in total. The number of hydrogen-bond donors (Lipinski definition) is 3. The van der Waals surface area contributed by atoms with Gasteiger partial charge >= 0.3 is 0 Å². The molecule has 0 bridgehead atoms. The number of aliphatic hydroxyl groups excluding tert-OH is 2. The number of nitrogens with zero attached hydrogens (tertiary/aromatic N) is 1. The number of nitro benzene ring substituents is 1. The monoisotopic (exact) mass is 318 g/mol. The Bertz CT molecular complexity index is 462. The normalized spacial score (nSPS) is 10.4. The number of amides is 1. The summed E-state index contributed by atoms with van der Waals surface area (Å²) in [6, 6.07) is 3.24. The summed E-state index contributed by atoms with van der Waals surface area (Å²) in [5.41, 5.74) is -0.164. The molecule has 1 amide bonds. The summed E-state index contributed by atoms with van der Waals surface area (Å²) in [5, 5.41) is 30.7. The second kappa shape index (κ2) is 6.43. The lowest BCUT2D eigenvalue weighted by Gasteiger charge is -2.13. The fourth-order valence-electron chi connectivity index (χ4n) is 1.25. The van der Waals surface area contributed by atoms with Crippen molar-refractivity contribution in [3.63, 3.8) is 0 Å². The molecule has 1 aromatic rings. The summed E-state index contributed by atoms with van der Waals surface area (Å²) in [7, 11) is 0. The van der Waals surface area contributed by atoms with E-state index in [0.717, 1.165) is 0 Å². The number of halogens is 1. The van der Waals surface area contributed by atoms with E-state index < -0.39 is 30.1 Å². The molecular weight excluding hydrogens is 308 g/mol. The molecule has 1 aromatic carbocycles. The van der Waals surface area contributed by atoms with Crippen LogP contribution in [0.25, 0.3) is 0 Å². The molecule has 0 radical (unpaired) electrons. The van der Waals surface area contributed by atoms with E-state index in [-0.39, 0.29) is 15.7 Å². The van der Waals surface area contributed by atoms with Crippen LogP contribution in [0.1, 0.15) is 10.4 Å². The molecule has 0 spiro atoms. The first kappa shape index (κ1) is 14.6. The van der Waals surface area contributed by atoms with Gasteiger partial charge in [0, 0.05) is 6.07 Å². The average molecular weight is 319 g/mol. The van der Waals surface area contributed by atoms with Gasteiger partial charge in [-0.3, -0.25) is 14.9 Å². The molecule has 0 unspecified atom stereocenters. The van der Waals surface area contributed by atoms with Crippen LogP contribution in [-0.4, -0.2) is 40.3 Å². The van der Waals surface area contributed by atoms with E-state index in [4.69, 9.17) is 10.2 Å². The Hall–Kier alpha value is -1.51. The van der Waals surface area contributed by atoms with Gasteiger partial charge in [-0.05, 0) is 22.0 Å². The van der Waals surface area contributed by atoms with E-state index >= 15 is 0 Å². The van der Waals surface area contributed by atoms with Crippen LogP contribution in [0.3, 0.4) is 0 Å². The topological polar surface area (TPSA) is 113 Å². The SMILES string of the molecule is O=C(NC(CO)CO)c1cccc([N+](=O)[O-])c1Br. The van der Waals surface area contributed by atoms with Crippen LogP contribution in [0.2, 0.25) is 0 Å². The molecule has 1 rings (SSSR count). The number of nitrogens with one attached hydrogen (secondary N) is 1.